The topological polar surface area (TPSA) is 118 Å². The van der Waals surface area contributed by atoms with Crippen molar-refractivity contribution in [3.63, 3.8) is 0 Å². The van der Waals surface area contributed by atoms with Gasteiger partial charge in [0.25, 0.3) is 0 Å². The van der Waals surface area contributed by atoms with Crippen molar-refractivity contribution in [2.24, 2.45) is 0 Å². The Kier molecular flexibility index (Phi) is 5.64. The third-order valence-corrected chi connectivity index (χ3v) is 6.05. The fraction of sp³-hybridized carbons (Fsp3) is 0.316. The molecule has 0 fully saturated rings. The summed E-state index contributed by atoms with van der Waals surface area (Å²) in [6.07, 6.45) is 4.08. The normalized spacial score (nSPS) is 11.6. The molecule has 0 aliphatic rings. The highest BCUT2D eigenvalue weighted by molar-refractivity contribution is 7.17. The van der Waals surface area contributed by atoms with Gasteiger partial charge in [-0.3, -0.25) is 10.6 Å². The predicted molar refractivity (Wildman–Crippen MR) is 120 cm³/mol. The van der Waals surface area contributed by atoms with Crippen molar-refractivity contribution < 1.29 is 9.32 Å². The second-order valence-corrected chi connectivity index (χ2v) is 9.60. The van der Waals surface area contributed by atoms with Crippen molar-refractivity contribution in [3.8, 4) is 0 Å². The molecular formula is C19H21N7O2S2. The van der Waals surface area contributed by atoms with Crippen LogP contribution in [-0.4, -0.2) is 32.7 Å². The lowest BCUT2D eigenvalue weighted by molar-refractivity contribution is 0.262. The van der Waals surface area contributed by atoms with Crippen LogP contribution in [0.5, 0.6) is 0 Å². The van der Waals surface area contributed by atoms with Crippen LogP contribution < -0.4 is 16.0 Å². The Balaban J connectivity index is 1.28. The van der Waals surface area contributed by atoms with E-state index in [1.165, 1.54) is 11.3 Å². The standard InChI is InChI=1S/C19H21N7O2S2/c1-19(2,3)13-8-14(26-28-13)24-17(27)25-18-21-9-11(30-18)4-6-20-16-15-12(5-7-29-15)22-10-23-16/h5,7-10H,4,6H2,1-3H3,(H,20,22,23)(H2,21,24,25,26,27). The highest BCUT2D eigenvalue weighted by atomic mass is 32.1. The summed E-state index contributed by atoms with van der Waals surface area (Å²) in [6.45, 7) is 6.73. The summed E-state index contributed by atoms with van der Waals surface area (Å²) in [5, 5.41) is 15.1. The highest BCUT2D eigenvalue weighted by Gasteiger charge is 2.20. The van der Waals surface area contributed by atoms with Crippen LogP contribution in [0.2, 0.25) is 0 Å². The zero-order valence-electron chi connectivity index (χ0n) is 16.7. The van der Waals surface area contributed by atoms with Gasteiger partial charge in [0, 0.05) is 35.5 Å². The van der Waals surface area contributed by atoms with Gasteiger partial charge in [-0.2, -0.15) is 0 Å². The molecule has 4 aromatic rings. The first-order valence-corrected chi connectivity index (χ1v) is 11.0. The minimum atomic E-state index is -0.413. The molecule has 0 saturated heterocycles. The largest absolute Gasteiger partial charge is 0.368 e. The van der Waals surface area contributed by atoms with Crippen molar-refractivity contribution in [3.05, 3.63) is 40.7 Å². The van der Waals surface area contributed by atoms with Gasteiger partial charge in [0.05, 0.1) is 10.2 Å². The molecule has 0 radical (unpaired) electrons. The SMILES string of the molecule is CC(C)(C)c1cc(NC(=O)Nc2ncc(CCNc3ncnc4ccsc34)s2)no1. The summed E-state index contributed by atoms with van der Waals surface area (Å²) in [7, 11) is 0. The van der Waals surface area contributed by atoms with Crippen LogP contribution in [0.25, 0.3) is 10.2 Å². The minimum Gasteiger partial charge on any atom is -0.368 e. The molecule has 0 aromatic carbocycles. The molecule has 2 amide bonds. The number of fused-ring (bicyclic) bond motifs is 1. The Labute approximate surface area is 180 Å². The van der Waals surface area contributed by atoms with Gasteiger partial charge in [0.15, 0.2) is 10.9 Å². The number of thiophene rings is 1. The number of hydrogen-bond acceptors (Lipinski definition) is 9. The molecule has 3 N–H and O–H groups in total. The molecule has 0 unspecified atom stereocenters. The van der Waals surface area contributed by atoms with Crippen molar-refractivity contribution >= 4 is 55.7 Å². The third kappa shape index (κ3) is 4.74. The summed E-state index contributed by atoms with van der Waals surface area (Å²) >= 11 is 3.04. The molecule has 4 aromatic heterocycles. The highest BCUT2D eigenvalue weighted by Crippen LogP contribution is 2.26. The molecule has 4 heterocycles. The smallest absolute Gasteiger partial charge is 0.326 e. The zero-order valence-corrected chi connectivity index (χ0v) is 18.4. The van der Waals surface area contributed by atoms with Gasteiger partial charge < -0.3 is 9.84 Å². The first-order valence-electron chi connectivity index (χ1n) is 9.30. The van der Waals surface area contributed by atoms with Crippen molar-refractivity contribution in [2.45, 2.75) is 32.6 Å². The van der Waals surface area contributed by atoms with Gasteiger partial charge in [-0.15, -0.1) is 22.7 Å². The van der Waals surface area contributed by atoms with E-state index in [1.54, 1.807) is 29.9 Å². The minimum absolute atomic E-state index is 0.178. The van der Waals surface area contributed by atoms with E-state index in [0.717, 1.165) is 27.3 Å². The van der Waals surface area contributed by atoms with Gasteiger partial charge in [-0.1, -0.05) is 25.9 Å². The molecule has 4 rings (SSSR count). The van der Waals surface area contributed by atoms with Gasteiger partial charge in [-0.25, -0.2) is 19.7 Å². The fourth-order valence-corrected chi connectivity index (χ4v) is 4.25. The molecule has 9 nitrogen and oxygen atoms in total. The van der Waals surface area contributed by atoms with Crippen LogP contribution in [0.4, 0.5) is 21.6 Å². The Morgan fingerprint density at radius 2 is 2.07 bits per heavy atom. The molecule has 30 heavy (non-hydrogen) atoms. The van der Waals surface area contributed by atoms with Crippen LogP contribution >= 0.6 is 22.7 Å². The van der Waals surface area contributed by atoms with E-state index >= 15 is 0 Å². The van der Waals surface area contributed by atoms with Crippen LogP contribution in [0.3, 0.4) is 0 Å². The summed E-state index contributed by atoms with van der Waals surface area (Å²) in [5.74, 6) is 1.90. The first-order chi connectivity index (χ1) is 14.4. The quantitative estimate of drug-likeness (QED) is 0.394. The van der Waals surface area contributed by atoms with E-state index in [1.807, 2.05) is 32.2 Å². The van der Waals surface area contributed by atoms with Crippen molar-refractivity contribution in [2.75, 3.05) is 22.5 Å². The third-order valence-electron chi connectivity index (χ3n) is 4.17. The second-order valence-electron chi connectivity index (χ2n) is 7.57. The summed E-state index contributed by atoms with van der Waals surface area (Å²) in [6, 6.07) is 3.28. The molecule has 0 saturated carbocycles. The molecule has 0 atom stereocenters. The number of urea groups is 1. The maximum atomic E-state index is 12.2. The first kappa shape index (κ1) is 20.2. The lowest BCUT2D eigenvalue weighted by Gasteiger charge is -2.12. The molecule has 0 bridgehead atoms. The maximum absolute atomic E-state index is 12.2. The molecular weight excluding hydrogens is 422 g/mol. The number of hydrogen-bond donors (Lipinski definition) is 3. The number of amides is 2. The van der Waals surface area contributed by atoms with Gasteiger partial charge in [0.1, 0.15) is 17.9 Å². The summed E-state index contributed by atoms with van der Waals surface area (Å²) in [4.78, 5) is 26.0. The average Bonchev–Trinajstić information content (AvgIpc) is 3.42. The van der Waals surface area contributed by atoms with E-state index in [-0.39, 0.29) is 5.41 Å². The predicted octanol–water partition coefficient (Wildman–Crippen LogP) is 4.73. The number of nitrogens with zero attached hydrogens (tertiary/aromatic N) is 4. The monoisotopic (exact) mass is 443 g/mol. The second kappa shape index (κ2) is 8.36. The Morgan fingerprint density at radius 1 is 1.20 bits per heavy atom. The van der Waals surface area contributed by atoms with E-state index < -0.39 is 6.03 Å². The lowest BCUT2D eigenvalue weighted by atomic mass is 9.93. The van der Waals surface area contributed by atoms with E-state index in [4.69, 9.17) is 4.52 Å². The number of carbonyl (C=O) groups excluding carboxylic acids is 1. The van der Waals surface area contributed by atoms with Crippen LogP contribution in [0.15, 0.2) is 34.6 Å². The van der Waals surface area contributed by atoms with Crippen molar-refractivity contribution in [1.82, 2.24) is 20.1 Å². The average molecular weight is 444 g/mol. The maximum Gasteiger partial charge on any atom is 0.326 e. The van der Waals surface area contributed by atoms with Crippen LogP contribution in [-0.2, 0) is 11.8 Å². The molecule has 0 spiro atoms. The zero-order chi connectivity index (χ0) is 21.1. The van der Waals surface area contributed by atoms with Gasteiger partial charge in [0.2, 0.25) is 0 Å². The Hall–Kier alpha value is -3.05. The fourth-order valence-electron chi connectivity index (χ4n) is 2.63. The number of rotatable bonds is 6. The molecule has 0 aliphatic carbocycles. The van der Waals surface area contributed by atoms with Crippen molar-refractivity contribution in [1.29, 1.82) is 0 Å². The molecule has 0 aliphatic heterocycles. The lowest BCUT2D eigenvalue weighted by Crippen LogP contribution is -2.19. The van der Waals surface area contributed by atoms with E-state index in [2.05, 4.69) is 36.1 Å². The summed E-state index contributed by atoms with van der Waals surface area (Å²) < 4.78 is 6.31. The number of anilines is 3. The van der Waals surface area contributed by atoms with E-state index in [9.17, 15) is 4.79 Å². The number of aromatic nitrogens is 4. The Morgan fingerprint density at radius 3 is 2.87 bits per heavy atom. The number of carbonyl (C=O) groups is 1. The Bertz CT molecular complexity index is 1160. The number of nitrogens with one attached hydrogen (secondary N) is 3. The summed E-state index contributed by atoms with van der Waals surface area (Å²) in [5.41, 5.74) is 0.762. The molecule has 11 heteroatoms. The number of thiazole rings is 1. The van der Waals surface area contributed by atoms with Gasteiger partial charge in [-0.05, 0) is 11.4 Å². The molecule has 156 valence electrons. The van der Waals surface area contributed by atoms with E-state index in [0.29, 0.717) is 23.3 Å². The van der Waals surface area contributed by atoms with Crippen LogP contribution in [0, 0.1) is 0 Å². The van der Waals surface area contributed by atoms with Crippen LogP contribution in [0.1, 0.15) is 31.4 Å². The van der Waals surface area contributed by atoms with Gasteiger partial charge >= 0.3 is 6.03 Å².